The predicted octanol–water partition coefficient (Wildman–Crippen LogP) is 4.83. The average Bonchev–Trinajstić information content (AvgIpc) is 2.80. The van der Waals surface area contributed by atoms with Gasteiger partial charge in [-0.1, -0.05) is 66.8 Å². The van der Waals surface area contributed by atoms with Gasteiger partial charge in [-0.15, -0.1) is 0 Å². The number of benzene rings is 2. The molecular formula is C18H14. The van der Waals surface area contributed by atoms with E-state index in [0.717, 1.165) is 0 Å². The Morgan fingerprint density at radius 1 is 0.944 bits per heavy atom. The highest BCUT2D eigenvalue weighted by Crippen LogP contribution is 2.47. The molecule has 2 aromatic rings. The van der Waals surface area contributed by atoms with Crippen LogP contribution in [0.5, 0.6) is 0 Å². The Bertz CT molecular complexity index is 744. The summed E-state index contributed by atoms with van der Waals surface area (Å²) in [6.07, 6.45) is 11.3. The van der Waals surface area contributed by atoms with Gasteiger partial charge in [0.25, 0.3) is 0 Å². The van der Waals surface area contributed by atoms with Crippen LogP contribution in [-0.4, -0.2) is 0 Å². The van der Waals surface area contributed by atoms with Crippen LogP contribution < -0.4 is 0 Å². The topological polar surface area (TPSA) is 0 Å². The number of fused-ring (bicyclic) bond motifs is 5. The van der Waals surface area contributed by atoms with E-state index in [4.69, 9.17) is 0 Å². The van der Waals surface area contributed by atoms with Crippen LogP contribution in [0.15, 0.2) is 60.7 Å². The molecule has 0 aliphatic heterocycles. The van der Waals surface area contributed by atoms with E-state index < -0.39 is 0 Å². The molecule has 0 heteroatoms. The zero-order chi connectivity index (χ0) is 12.2. The van der Waals surface area contributed by atoms with Crippen LogP contribution in [0.1, 0.15) is 18.1 Å². The summed E-state index contributed by atoms with van der Waals surface area (Å²) in [6, 6.07) is 13.1. The molecule has 0 saturated carbocycles. The largest absolute Gasteiger partial charge is 0.0704 e. The zero-order valence-electron chi connectivity index (χ0n) is 10.4. The third-order valence-corrected chi connectivity index (χ3v) is 4.14. The lowest BCUT2D eigenvalue weighted by Crippen LogP contribution is -2.13. The summed E-state index contributed by atoms with van der Waals surface area (Å²) < 4.78 is 0. The Labute approximate surface area is 107 Å². The van der Waals surface area contributed by atoms with Crippen molar-refractivity contribution >= 4 is 22.4 Å². The van der Waals surface area contributed by atoms with Crippen LogP contribution in [0.4, 0.5) is 0 Å². The van der Waals surface area contributed by atoms with Crippen LogP contribution >= 0.6 is 0 Å². The Hall–Kier alpha value is -2.08. The quantitative estimate of drug-likeness (QED) is 0.608. The minimum Gasteiger partial charge on any atom is -0.0704 e. The average molecular weight is 230 g/mol. The number of hydrogen-bond acceptors (Lipinski definition) is 0. The summed E-state index contributed by atoms with van der Waals surface area (Å²) in [5.41, 5.74) is 4.25. The second kappa shape index (κ2) is 3.23. The summed E-state index contributed by atoms with van der Waals surface area (Å²) in [7, 11) is 0. The van der Waals surface area contributed by atoms with Crippen molar-refractivity contribution in [2.45, 2.75) is 6.92 Å². The van der Waals surface area contributed by atoms with E-state index in [0.29, 0.717) is 0 Å². The molecule has 2 aliphatic carbocycles. The molecule has 0 saturated heterocycles. The van der Waals surface area contributed by atoms with Crippen molar-refractivity contribution in [1.82, 2.24) is 0 Å². The van der Waals surface area contributed by atoms with Gasteiger partial charge in [-0.25, -0.2) is 0 Å². The van der Waals surface area contributed by atoms with E-state index in [9.17, 15) is 0 Å². The van der Waals surface area contributed by atoms with Gasteiger partial charge in [-0.2, -0.15) is 0 Å². The monoisotopic (exact) mass is 230 g/mol. The molecule has 0 N–H and O–H groups in total. The van der Waals surface area contributed by atoms with Crippen molar-refractivity contribution in [3.05, 3.63) is 71.8 Å². The van der Waals surface area contributed by atoms with Gasteiger partial charge in [0.15, 0.2) is 0 Å². The van der Waals surface area contributed by atoms with E-state index in [1.165, 1.54) is 27.5 Å². The summed E-state index contributed by atoms with van der Waals surface area (Å²) in [6.45, 7) is 2.27. The Balaban J connectivity index is 2.09. The Kier molecular flexibility index (Phi) is 1.78. The standard InChI is InChI=1S/C18H14/c1-18-11-4-7-17(18)16-9-8-13-5-2-3-6-14(13)15(16)10-12-18/h2-12H,1H3/t18-/m0/s1. The van der Waals surface area contributed by atoms with E-state index >= 15 is 0 Å². The maximum absolute atomic E-state index is 2.32. The molecule has 0 aromatic heterocycles. The summed E-state index contributed by atoms with van der Waals surface area (Å²) in [5, 5.41) is 2.66. The smallest absolute Gasteiger partial charge is 0.0296 e. The predicted molar refractivity (Wildman–Crippen MR) is 78.2 cm³/mol. The summed E-state index contributed by atoms with van der Waals surface area (Å²) >= 11 is 0. The van der Waals surface area contributed by atoms with Crippen LogP contribution in [0, 0.1) is 5.41 Å². The van der Waals surface area contributed by atoms with E-state index in [1.807, 2.05) is 0 Å². The van der Waals surface area contributed by atoms with Crippen molar-refractivity contribution in [3.63, 3.8) is 0 Å². The van der Waals surface area contributed by atoms with Gasteiger partial charge in [0.2, 0.25) is 0 Å². The van der Waals surface area contributed by atoms with E-state index in [1.54, 1.807) is 0 Å². The van der Waals surface area contributed by atoms with Gasteiger partial charge >= 0.3 is 0 Å². The highest BCUT2D eigenvalue weighted by atomic mass is 14.3. The molecule has 0 bridgehead atoms. The molecule has 0 radical (unpaired) electrons. The van der Waals surface area contributed by atoms with E-state index in [-0.39, 0.29) is 5.41 Å². The van der Waals surface area contributed by atoms with Crippen LogP contribution in [-0.2, 0) is 0 Å². The number of allylic oxidation sites excluding steroid dienone is 5. The molecule has 1 atom stereocenters. The van der Waals surface area contributed by atoms with E-state index in [2.05, 4.69) is 73.7 Å². The fourth-order valence-corrected chi connectivity index (χ4v) is 3.11. The van der Waals surface area contributed by atoms with Crippen molar-refractivity contribution < 1.29 is 0 Å². The normalized spacial score (nSPS) is 23.9. The molecule has 2 aromatic carbocycles. The van der Waals surface area contributed by atoms with Crippen molar-refractivity contribution in [1.29, 1.82) is 0 Å². The first-order chi connectivity index (χ1) is 8.78. The highest BCUT2D eigenvalue weighted by Gasteiger charge is 2.31. The molecule has 86 valence electrons. The third kappa shape index (κ3) is 1.15. The lowest BCUT2D eigenvalue weighted by Gasteiger charge is -2.29. The Morgan fingerprint density at radius 2 is 1.83 bits per heavy atom. The molecular weight excluding hydrogens is 216 g/mol. The molecule has 0 fully saturated rings. The van der Waals surface area contributed by atoms with Crippen LogP contribution in [0.2, 0.25) is 0 Å². The fourth-order valence-electron chi connectivity index (χ4n) is 3.11. The maximum atomic E-state index is 2.32. The van der Waals surface area contributed by atoms with Gasteiger partial charge in [-0.05, 0) is 34.4 Å². The highest BCUT2D eigenvalue weighted by molar-refractivity contribution is 5.99. The van der Waals surface area contributed by atoms with Crippen LogP contribution in [0.25, 0.3) is 22.4 Å². The molecule has 0 heterocycles. The van der Waals surface area contributed by atoms with Gasteiger partial charge in [0.05, 0.1) is 0 Å². The fraction of sp³-hybridized carbons (Fsp3) is 0.111. The molecule has 0 spiro atoms. The first-order valence-corrected chi connectivity index (χ1v) is 6.39. The lowest BCUT2D eigenvalue weighted by atomic mass is 9.74. The first kappa shape index (κ1) is 9.90. The Morgan fingerprint density at radius 3 is 2.78 bits per heavy atom. The molecule has 4 rings (SSSR count). The number of hydrogen-bond donors (Lipinski definition) is 0. The second-order valence-corrected chi connectivity index (χ2v) is 5.30. The molecule has 0 amide bonds. The minimum atomic E-state index is 0.0927. The SMILES string of the molecule is C[C@@]12C=CC=C1c1ccc3ccccc3c1C=C2. The zero-order valence-corrected chi connectivity index (χ0v) is 10.4. The molecule has 0 nitrogen and oxygen atoms in total. The number of rotatable bonds is 0. The molecule has 18 heavy (non-hydrogen) atoms. The van der Waals surface area contributed by atoms with Crippen molar-refractivity contribution in [2.24, 2.45) is 5.41 Å². The van der Waals surface area contributed by atoms with Gasteiger partial charge in [0, 0.05) is 5.41 Å². The third-order valence-electron chi connectivity index (χ3n) is 4.14. The van der Waals surface area contributed by atoms with Crippen molar-refractivity contribution in [2.75, 3.05) is 0 Å². The van der Waals surface area contributed by atoms with Gasteiger partial charge in [0.1, 0.15) is 0 Å². The van der Waals surface area contributed by atoms with Crippen molar-refractivity contribution in [3.8, 4) is 0 Å². The van der Waals surface area contributed by atoms with Gasteiger partial charge < -0.3 is 0 Å². The summed E-state index contributed by atoms with van der Waals surface area (Å²) in [4.78, 5) is 0. The van der Waals surface area contributed by atoms with Gasteiger partial charge in [-0.3, -0.25) is 0 Å². The maximum Gasteiger partial charge on any atom is 0.0296 e. The second-order valence-electron chi connectivity index (χ2n) is 5.30. The molecule has 2 aliphatic rings. The summed E-state index contributed by atoms with van der Waals surface area (Å²) in [5.74, 6) is 0. The lowest BCUT2D eigenvalue weighted by molar-refractivity contribution is 0.752. The van der Waals surface area contributed by atoms with Crippen LogP contribution in [0.3, 0.4) is 0 Å². The first-order valence-electron chi connectivity index (χ1n) is 6.39. The molecule has 0 unspecified atom stereocenters. The minimum absolute atomic E-state index is 0.0927.